The standard InChI is InChI=1S/C21H26ClN3O2.ClH/c22-18-6-8-19(9-7-18)27-11-10-24-21(26)15-25-13-17(12-23)20(14-25)16-4-2-1-3-5-16;/h1-9,17,20H,10-15,23H2,(H,24,26);1H/t17-,20+;/m1./s1. The first-order chi connectivity index (χ1) is 13.2. The van der Waals surface area contributed by atoms with E-state index in [4.69, 9.17) is 22.1 Å². The zero-order valence-corrected chi connectivity index (χ0v) is 17.3. The van der Waals surface area contributed by atoms with E-state index in [9.17, 15) is 4.79 Å². The first-order valence-corrected chi connectivity index (χ1v) is 9.66. The molecule has 3 N–H and O–H groups in total. The lowest BCUT2D eigenvalue weighted by Crippen LogP contribution is -2.38. The number of likely N-dealkylation sites (tertiary alicyclic amines) is 1. The Labute approximate surface area is 177 Å². The maximum Gasteiger partial charge on any atom is 0.234 e. The van der Waals surface area contributed by atoms with Crippen LogP contribution < -0.4 is 15.8 Å². The number of carbonyl (C=O) groups excluding carboxylic acids is 1. The maximum atomic E-state index is 12.2. The fraction of sp³-hybridized carbons (Fsp3) is 0.381. The largest absolute Gasteiger partial charge is 0.492 e. The van der Waals surface area contributed by atoms with Crippen LogP contribution >= 0.6 is 24.0 Å². The number of rotatable bonds is 8. The van der Waals surface area contributed by atoms with Gasteiger partial charge in [0.1, 0.15) is 12.4 Å². The van der Waals surface area contributed by atoms with E-state index >= 15 is 0 Å². The SMILES string of the molecule is Cl.NC[C@@H]1CN(CC(=O)NCCOc2ccc(Cl)cc2)C[C@H]1c1ccccc1. The normalized spacial score (nSPS) is 19.1. The molecule has 0 unspecified atom stereocenters. The second-order valence-corrected chi connectivity index (χ2v) is 7.30. The van der Waals surface area contributed by atoms with Gasteiger partial charge in [-0.05, 0) is 42.3 Å². The minimum Gasteiger partial charge on any atom is -0.492 e. The number of hydrogen-bond donors (Lipinski definition) is 2. The number of nitrogens with one attached hydrogen (secondary N) is 1. The number of nitrogens with zero attached hydrogens (tertiary/aromatic N) is 1. The molecule has 1 amide bonds. The smallest absolute Gasteiger partial charge is 0.234 e. The first-order valence-electron chi connectivity index (χ1n) is 9.28. The van der Waals surface area contributed by atoms with Gasteiger partial charge in [0, 0.05) is 24.0 Å². The average molecular weight is 424 g/mol. The van der Waals surface area contributed by atoms with Gasteiger partial charge >= 0.3 is 0 Å². The van der Waals surface area contributed by atoms with E-state index in [1.165, 1.54) is 5.56 Å². The van der Waals surface area contributed by atoms with Crippen molar-refractivity contribution in [3.05, 3.63) is 65.2 Å². The number of carbonyl (C=O) groups is 1. The van der Waals surface area contributed by atoms with Crippen molar-refractivity contribution in [2.24, 2.45) is 11.7 Å². The number of amides is 1. The third-order valence-corrected chi connectivity index (χ3v) is 5.17. The summed E-state index contributed by atoms with van der Waals surface area (Å²) in [6, 6.07) is 17.6. The molecule has 1 heterocycles. The van der Waals surface area contributed by atoms with Crippen LogP contribution in [0.3, 0.4) is 0 Å². The van der Waals surface area contributed by atoms with E-state index < -0.39 is 0 Å². The van der Waals surface area contributed by atoms with Crippen LogP contribution in [0.1, 0.15) is 11.5 Å². The minimum atomic E-state index is 0. The summed E-state index contributed by atoms with van der Waals surface area (Å²) in [6.07, 6.45) is 0. The molecule has 1 aliphatic rings. The Morgan fingerprint density at radius 1 is 1.14 bits per heavy atom. The summed E-state index contributed by atoms with van der Waals surface area (Å²) >= 11 is 5.84. The Bertz CT molecular complexity index is 728. The summed E-state index contributed by atoms with van der Waals surface area (Å²) in [5.74, 6) is 1.52. The molecule has 2 aromatic rings. The molecule has 0 radical (unpaired) electrons. The molecule has 0 saturated carbocycles. The number of nitrogens with two attached hydrogens (primary N) is 1. The fourth-order valence-corrected chi connectivity index (χ4v) is 3.68. The zero-order valence-electron chi connectivity index (χ0n) is 15.7. The Morgan fingerprint density at radius 2 is 1.86 bits per heavy atom. The molecule has 28 heavy (non-hydrogen) atoms. The highest BCUT2D eigenvalue weighted by atomic mass is 35.5. The van der Waals surface area contributed by atoms with Crippen molar-refractivity contribution in [3.63, 3.8) is 0 Å². The summed E-state index contributed by atoms with van der Waals surface area (Å²) in [7, 11) is 0. The van der Waals surface area contributed by atoms with Crippen LogP contribution in [0.15, 0.2) is 54.6 Å². The topological polar surface area (TPSA) is 67.6 Å². The molecule has 0 spiro atoms. The Hall–Kier alpha value is -1.79. The van der Waals surface area contributed by atoms with Crippen LogP contribution in [-0.4, -0.2) is 50.1 Å². The maximum absolute atomic E-state index is 12.2. The van der Waals surface area contributed by atoms with Crippen molar-refractivity contribution in [1.82, 2.24) is 10.2 Å². The lowest BCUT2D eigenvalue weighted by molar-refractivity contribution is -0.122. The highest BCUT2D eigenvalue weighted by Gasteiger charge is 2.33. The summed E-state index contributed by atoms with van der Waals surface area (Å²) < 4.78 is 5.59. The Morgan fingerprint density at radius 3 is 2.54 bits per heavy atom. The van der Waals surface area contributed by atoms with E-state index in [0.29, 0.717) is 43.1 Å². The molecule has 1 saturated heterocycles. The van der Waals surface area contributed by atoms with Crippen LogP contribution in [0.25, 0.3) is 0 Å². The predicted molar refractivity (Wildman–Crippen MR) is 115 cm³/mol. The summed E-state index contributed by atoms with van der Waals surface area (Å²) in [6.45, 7) is 3.63. The highest BCUT2D eigenvalue weighted by molar-refractivity contribution is 6.30. The lowest BCUT2D eigenvalue weighted by Gasteiger charge is -2.16. The predicted octanol–water partition coefficient (Wildman–Crippen LogP) is 2.93. The van der Waals surface area contributed by atoms with Crippen LogP contribution in [0.2, 0.25) is 5.02 Å². The molecule has 152 valence electrons. The zero-order chi connectivity index (χ0) is 19.1. The van der Waals surface area contributed by atoms with Gasteiger partial charge in [0.2, 0.25) is 5.91 Å². The molecular weight excluding hydrogens is 397 g/mol. The van der Waals surface area contributed by atoms with Crippen molar-refractivity contribution in [2.45, 2.75) is 5.92 Å². The second-order valence-electron chi connectivity index (χ2n) is 6.86. The molecule has 0 bridgehead atoms. The summed E-state index contributed by atoms with van der Waals surface area (Å²) in [5, 5.41) is 3.59. The summed E-state index contributed by atoms with van der Waals surface area (Å²) in [5.41, 5.74) is 7.26. The second kappa shape index (κ2) is 11.3. The minimum absolute atomic E-state index is 0. The fourth-order valence-electron chi connectivity index (χ4n) is 3.56. The van der Waals surface area contributed by atoms with Crippen molar-refractivity contribution in [2.75, 3.05) is 39.3 Å². The Balaban J connectivity index is 0.00000280. The molecule has 5 nitrogen and oxygen atoms in total. The molecule has 2 atom stereocenters. The van der Waals surface area contributed by atoms with Gasteiger partial charge < -0.3 is 15.8 Å². The van der Waals surface area contributed by atoms with Gasteiger partial charge in [-0.25, -0.2) is 0 Å². The number of benzene rings is 2. The number of hydrogen-bond acceptors (Lipinski definition) is 4. The molecule has 1 fully saturated rings. The molecular formula is C21H27Cl2N3O2. The monoisotopic (exact) mass is 423 g/mol. The van der Waals surface area contributed by atoms with E-state index in [-0.39, 0.29) is 18.3 Å². The van der Waals surface area contributed by atoms with Gasteiger partial charge in [-0.3, -0.25) is 9.69 Å². The third kappa shape index (κ3) is 6.38. The van der Waals surface area contributed by atoms with Crippen molar-refractivity contribution >= 4 is 29.9 Å². The van der Waals surface area contributed by atoms with Gasteiger partial charge in [-0.1, -0.05) is 41.9 Å². The van der Waals surface area contributed by atoms with E-state index in [1.54, 1.807) is 12.1 Å². The van der Waals surface area contributed by atoms with Crippen LogP contribution in [0.4, 0.5) is 0 Å². The molecule has 2 aromatic carbocycles. The van der Waals surface area contributed by atoms with Crippen molar-refractivity contribution in [3.8, 4) is 5.75 Å². The van der Waals surface area contributed by atoms with Gasteiger partial charge in [-0.15, -0.1) is 12.4 Å². The van der Waals surface area contributed by atoms with Crippen molar-refractivity contribution < 1.29 is 9.53 Å². The molecule has 1 aliphatic heterocycles. The van der Waals surface area contributed by atoms with Gasteiger partial charge in [0.15, 0.2) is 0 Å². The first kappa shape index (κ1) is 22.5. The van der Waals surface area contributed by atoms with Gasteiger partial charge in [0.05, 0.1) is 13.1 Å². The molecule has 3 rings (SSSR count). The molecule has 0 aromatic heterocycles. The summed E-state index contributed by atoms with van der Waals surface area (Å²) in [4.78, 5) is 14.4. The van der Waals surface area contributed by atoms with Crippen LogP contribution in [0.5, 0.6) is 5.75 Å². The van der Waals surface area contributed by atoms with Crippen molar-refractivity contribution in [1.29, 1.82) is 0 Å². The van der Waals surface area contributed by atoms with Crippen LogP contribution in [0, 0.1) is 5.92 Å². The lowest BCUT2D eigenvalue weighted by atomic mass is 9.89. The molecule has 0 aliphatic carbocycles. The van der Waals surface area contributed by atoms with Crippen LogP contribution in [-0.2, 0) is 4.79 Å². The average Bonchev–Trinajstić information content (AvgIpc) is 3.10. The highest BCUT2D eigenvalue weighted by Crippen LogP contribution is 2.31. The van der Waals surface area contributed by atoms with E-state index in [1.807, 2.05) is 18.2 Å². The van der Waals surface area contributed by atoms with Gasteiger partial charge in [-0.2, -0.15) is 0 Å². The third-order valence-electron chi connectivity index (χ3n) is 4.92. The van der Waals surface area contributed by atoms with E-state index in [2.05, 4.69) is 34.5 Å². The van der Waals surface area contributed by atoms with E-state index in [0.717, 1.165) is 18.8 Å². The molecule has 7 heteroatoms. The van der Waals surface area contributed by atoms with Gasteiger partial charge in [0.25, 0.3) is 0 Å². The number of ether oxygens (including phenoxy) is 1. The Kier molecular flexibility index (Phi) is 9.06. The number of halogens is 2. The quantitative estimate of drug-likeness (QED) is 0.640.